The highest BCUT2D eigenvalue weighted by atomic mass is 14.9. The second kappa shape index (κ2) is 11.6. The van der Waals surface area contributed by atoms with Crippen molar-refractivity contribution >= 4 is 33.3 Å². The van der Waals surface area contributed by atoms with E-state index in [1.165, 1.54) is 27.1 Å². The van der Waals surface area contributed by atoms with Crippen molar-refractivity contribution in [2.24, 2.45) is 0 Å². The van der Waals surface area contributed by atoms with Gasteiger partial charge < -0.3 is 5.73 Å². The third kappa shape index (κ3) is 5.14. The Morgan fingerprint density at radius 3 is 2.18 bits per heavy atom. The molecule has 0 bridgehead atoms. The Bertz CT molecular complexity index is 2080. The quantitative estimate of drug-likeness (QED) is 0.124. The summed E-state index contributed by atoms with van der Waals surface area (Å²) in [5.74, 6) is 0.905. The number of para-hydroxylation sites is 1. The molecule has 7 rings (SSSR count). The van der Waals surface area contributed by atoms with E-state index in [9.17, 15) is 0 Å². The number of benzene rings is 5. The van der Waals surface area contributed by atoms with E-state index >= 15 is 0 Å². The monoisotopic (exact) mass is 567 g/mol. The maximum atomic E-state index is 6.57. The minimum Gasteiger partial charge on any atom is -0.398 e. The molecule has 3 heteroatoms. The number of hydrogen-bond acceptors (Lipinski definition) is 3. The Balaban J connectivity index is 1.39. The zero-order chi connectivity index (χ0) is 30.0. The van der Waals surface area contributed by atoms with Gasteiger partial charge in [0, 0.05) is 28.3 Å². The van der Waals surface area contributed by atoms with E-state index in [-0.39, 0.29) is 5.92 Å². The molecule has 1 unspecified atom stereocenters. The topological polar surface area (TPSA) is 51.8 Å². The minimum atomic E-state index is 0.186. The molecule has 0 spiro atoms. The number of anilines is 1. The molecule has 1 aromatic heterocycles. The van der Waals surface area contributed by atoms with E-state index in [1.807, 2.05) is 24.3 Å². The number of fused-ring (bicyclic) bond motifs is 2. The number of nitrogen functional groups attached to an aromatic ring is 1. The van der Waals surface area contributed by atoms with Gasteiger partial charge in [-0.3, -0.25) is 0 Å². The van der Waals surface area contributed by atoms with Crippen LogP contribution in [0.4, 0.5) is 5.69 Å². The van der Waals surface area contributed by atoms with Crippen molar-refractivity contribution in [3.63, 3.8) is 0 Å². The molecular formula is C41H33N3. The summed E-state index contributed by atoms with van der Waals surface area (Å²) in [5.41, 5.74) is 15.7. The van der Waals surface area contributed by atoms with Crippen LogP contribution in [0, 0.1) is 0 Å². The number of allylic oxidation sites excluding steroid dienone is 6. The Morgan fingerprint density at radius 1 is 0.795 bits per heavy atom. The van der Waals surface area contributed by atoms with Gasteiger partial charge in [-0.05, 0) is 58.1 Å². The second-order valence-electron chi connectivity index (χ2n) is 11.3. The minimum absolute atomic E-state index is 0.186. The molecule has 1 aliphatic carbocycles. The number of aromatic nitrogens is 2. The van der Waals surface area contributed by atoms with Gasteiger partial charge in [0.05, 0.1) is 11.4 Å². The molecule has 0 aliphatic heterocycles. The predicted octanol–water partition coefficient (Wildman–Crippen LogP) is 10.6. The van der Waals surface area contributed by atoms with Crippen LogP contribution in [-0.2, 0) is 0 Å². The van der Waals surface area contributed by atoms with Crippen molar-refractivity contribution in [2.45, 2.75) is 19.3 Å². The van der Waals surface area contributed by atoms with E-state index in [0.29, 0.717) is 0 Å². The van der Waals surface area contributed by atoms with Crippen molar-refractivity contribution < 1.29 is 0 Å². The zero-order valence-corrected chi connectivity index (χ0v) is 24.7. The largest absolute Gasteiger partial charge is 0.398 e. The van der Waals surface area contributed by atoms with E-state index in [4.69, 9.17) is 15.7 Å². The molecule has 3 nitrogen and oxygen atoms in total. The molecular weight excluding hydrogens is 534 g/mol. The van der Waals surface area contributed by atoms with Crippen LogP contribution >= 0.6 is 0 Å². The van der Waals surface area contributed by atoms with Crippen LogP contribution in [0.25, 0.3) is 61.4 Å². The summed E-state index contributed by atoms with van der Waals surface area (Å²) in [6, 6.07) is 36.1. The maximum absolute atomic E-state index is 6.57. The van der Waals surface area contributed by atoms with Crippen LogP contribution in [-0.4, -0.2) is 9.97 Å². The highest BCUT2D eigenvalue weighted by molar-refractivity contribution is 6.12. The lowest BCUT2D eigenvalue weighted by Gasteiger charge is -2.18. The first-order chi connectivity index (χ1) is 21.6. The number of rotatable bonds is 6. The molecule has 5 aromatic carbocycles. The van der Waals surface area contributed by atoms with Crippen LogP contribution in [0.1, 0.15) is 30.5 Å². The van der Waals surface area contributed by atoms with Crippen molar-refractivity contribution in [1.29, 1.82) is 0 Å². The summed E-state index contributed by atoms with van der Waals surface area (Å²) in [7, 11) is 0. The van der Waals surface area contributed by atoms with Gasteiger partial charge in [-0.2, -0.15) is 0 Å². The van der Waals surface area contributed by atoms with Gasteiger partial charge in [-0.1, -0.05) is 140 Å². The Labute approximate surface area is 258 Å². The summed E-state index contributed by atoms with van der Waals surface area (Å²) < 4.78 is 0. The molecule has 0 radical (unpaired) electrons. The van der Waals surface area contributed by atoms with Crippen molar-refractivity contribution in [2.75, 3.05) is 5.73 Å². The fourth-order valence-electron chi connectivity index (χ4n) is 6.10. The fraction of sp³-hybridized carbons (Fsp3) is 0.0732. The Morgan fingerprint density at radius 2 is 1.50 bits per heavy atom. The summed E-state index contributed by atoms with van der Waals surface area (Å²) in [6.07, 6.45) is 13.3. The van der Waals surface area contributed by atoms with Gasteiger partial charge >= 0.3 is 0 Å². The first kappa shape index (κ1) is 27.3. The van der Waals surface area contributed by atoms with Crippen molar-refractivity contribution in [3.05, 3.63) is 157 Å². The van der Waals surface area contributed by atoms with Crippen LogP contribution in [0.5, 0.6) is 0 Å². The van der Waals surface area contributed by atoms with E-state index in [2.05, 4.69) is 123 Å². The molecule has 0 amide bonds. The van der Waals surface area contributed by atoms with Gasteiger partial charge in [0.2, 0.25) is 0 Å². The number of hydrogen-bond donors (Lipinski definition) is 1. The summed E-state index contributed by atoms with van der Waals surface area (Å²) >= 11 is 0. The maximum Gasteiger partial charge on any atom is 0.160 e. The lowest BCUT2D eigenvalue weighted by molar-refractivity contribution is 0.805. The van der Waals surface area contributed by atoms with Crippen molar-refractivity contribution in [3.8, 4) is 33.8 Å². The second-order valence-corrected chi connectivity index (χ2v) is 11.3. The molecule has 2 N–H and O–H groups in total. The zero-order valence-electron chi connectivity index (χ0n) is 24.7. The van der Waals surface area contributed by atoms with Crippen LogP contribution in [0.15, 0.2) is 146 Å². The number of nitrogens with zero attached hydrogens (tertiary/aromatic N) is 2. The van der Waals surface area contributed by atoms with E-state index < -0.39 is 0 Å². The molecule has 1 aliphatic rings. The van der Waals surface area contributed by atoms with Gasteiger partial charge in [0.15, 0.2) is 5.82 Å². The molecule has 44 heavy (non-hydrogen) atoms. The average molecular weight is 568 g/mol. The third-order valence-corrected chi connectivity index (χ3v) is 8.44. The molecule has 6 aromatic rings. The Kier molecular flexibility index (Phi) is 7.21. The highest BCUT2D eigenvalue weighted by Gasteiger charge is 2.19. The first-order valence-corrected chi connectivity index (χ1v) is 15.0. The van der Waals surface area contributed by atoms with Crippen LogP contribution < -0.4 is 5.73 Å². The molecule has 1 atom stereocenters. The SMILES string of the molecule is C=C/C=C\c1cccc(-c2ccc(-c3nc(-c4c5ccccc5cc5ccccc45)cc(C4C=CC(C)=CC4)n3)cc2)c1N. The standard InChI is InChI=1S/C41H33N3/c1-3-4-10-30-13-9-16-36(40(30)42)28-21-23-31(24-22-28)41-43-37(29-19-17-27(2)18-20-29)26-38(44-41)39-34-14-7-5-11-32(34)25-33-12-6-8-15-35(33)39/h3-19,21-26,29H,1,20,42H2,2H3/b10-4-. The van der Waals surface area contributed by atoms with E-state index in [1.54, 1.807) is 6.08 Å². The van der Waals surface area contributed by atoms with Gasteiger partial charge in [0.25, 0.3) is 0 Å². The first-order valence-electron chi connectivity index (χ1n) is 15.0. The Hall–Kier alpha value is -5.54. The average Bonchev–Trinajstić information content (AvgIpc) is 3.07. The smallest absolute Gasteiger partial charge is 0.160 e. The van der Waals surface area contributed by atoms with Gasteiger partial charge in [-0.25, -0.2) is 9.97 Å². The van der Waals surface area contributed by atoms with E-state index in [0.717, 1.165) is 57.1 Å². The predicted molar refractivity (Wildman–Crippen MR) is 187 cm³/mol. The summed E-state index contributed by atoms with van der Waals surface area (Å²) in [5, 5.41) is 4.78. The molecule has 0 fully saturated rings. The fourth-order valence-corrected chi connectivity index (χ4v) is 6.10. The van der Waals surface area contributed by atoms with Crippen LogP contribution in [0.2, 0.25) is 0 Å². The summed E-state index contributed by atoms with van der Waals surface area (Å²) in [4.78, 5) is 10.4. The normalized spacial score (nSPS) is 14.8. The molecule has 1 heterocycles. The number of nitrogens with two attached hydrogens (primary N) is 1. The molecule has 0 saturated heterocycles. The lowest BCUT2D eigenvalue weighted by atomic mass is 9.91. The third-order valence-electron chi connectivity index (χ3n) is 8.44. The van der Waals surface area contributed by atoms with Gasteiger partial charge in [-0.15, -0.1) is 0 Å². The molecule has 212 valence electrons. The lowest BCUT2D eigenvalue weighted by Crippen LogP contribution is -2.05. The van der Waals surface area contributed by atoms with Crippen LogP contribution in [0.3, 0.4) is 0 Å². The summed E-state index contributed by atoms with van der Waals surface area (Å²) in [6.45, 7) is 5.92. The van der Waals surface area contributed by atoms with Crippen molar-refractivity contribution in [1.82, 2.24) is 9.97 Å². The van der Waals surface area contributed by atoms with Gasteiger partial charge in [0.1, 0.15) is 0 Å². The highest BCUT2D eigenvalue weighted by Crippen LogP contribution is 2.38. The molecule has 0 saturated carbocycles.